The highest BCUT2D eigenvalue weighted by atomic mass is 35.5. The van der Waals surface area contributed by atoms with E-state index in [1.54, 1.807) is 24.3 Å². The number of nitrogens with one attached hydrogen (secondary N) is 1. The van der Waals surface area contributed by atoms with Gasteiger partial charge in [0.05, 0.1) is 4.34 Å². The number of hydrogen-bond acceptors (Lipinski definition) is 5. The second-order valence-electron chi connectivity index (χ2n) is 9.51. The molecule has 3 aliphatic rings. The number of sulfonamides is 1. The monoisotopic (exact) mass is 533 g/mol. The molecule has 2 fully saturated rings. The third kappa shape index (κ3) is 4.57. The number of hydrogen-bond donors (Lipinski definition) is 1. The predicted molar refractivity (Wildman–Crippen MR) is 133 cm³/mol. The van der Waals surface area contributed by atoms with E-state index in [2.05, 4.69) is 16.9 Å². The molecule has 6 rings (SSSR count). The molecule has 0 spiro atoms. The van der Waals surface area contributed by atoms with Crippen LogP contribution in [0.2, 0.25) is 4.34 Å². The van der Waals surface area contributed by atoms with Gasteiger partial charge in [-0.3, -0.25) is 0 Å². The number of thiophene rings is 1. The van der Waals surface area contributed by atoms with Crippen LogP contribution in [-0.4, -0.2) is 27.7 Å². The highest BCUT2D eigenvalue weighted by Crippen LogP contribution is 2.62. The van der Waals surface area contributed by atoms with Crippen molar-refractivity contribution in [2.75, 3.05) is 13.2 Å². The van der Waals surface area contributed by atoms with Crippen molar-refractivity contribution in [2.24, 2.45) is 17.8 Å². The van der Waals surface area contributed by atoms with Crippen LogP contribution in [0, 0.1) is 23.6 Å². The molecule has 5 nitrogen and oxygen atoms in total. The van der Waals surface area contributed by atoms with E-state index in [0.717, 1.165) is 36.3 Å². The molecule has 5 unspecified atom stereocenters. The first-order chi connectivity index (χ1) is 16.9. The fourth-order valence-electron chi connectivity index (χ4n) is 5.91. The standard InChI is InChI=1S/C26H25ClFNO4S2/c27-23-9-10-24(34-23)35(30,31)29-26-21-8-7-20(25(21)26)22-14-15-13-18(5-6-19(15)22)33-12-11-32-17-3-1-16(28)2-4-17/h1-6,9-10,13,20-22,25-26,29H,7-8,11-12,14H2. The van der Waals surface area contributed by atoms with Gasteiger partial charge in [0.15, 0.2) is 0 Å². The summed E-state index contributed by atoms with van der Waals surface area (Å²) in [4.78, 5) is 0. The van der Waals surface area contributed by atoms with Gasteiger partial charge in [0.2, 0.25) is 10.0 Å². The molecule has 3 aromatic rings. The summed E-state index contributed by atoms with van der Waals surface area (Å²) in [5, 5.41) is 0. The van der Waals surface area contributed by atoms with Crippen molar-refractivity contribution in [3.05, 3.63) is 75.9 Å². The van der Waals surface area contributed by atoms with Crippen molar-refractivity contribution in [1.82, 2.24) is 4.72 Å². The molecule has 35 heavy (non-hydrogen) atoms. The van der Waals surface area contributed by atoms with Gasteiger partial charge in [0, 0.05) is 6.04 Å². The van der Waals surface area contributed by atoms with Crippen LogP contribution in [-0.2, 0) is 16.4 Å². The molecule has 5 atom stereocenters. The van der Waals surface area contributed by atoms with Crippen molar-refractivity contribution in [3.63, 3.8) is 0 Å². The number of rotatable bonds is 9. The third-order valence-electron chi connectivity index (χ3n) is 7.57. The summed E-state index contributed by atoms with van der Waals surface area (Å²) in [7, 11) is -3.51. The minimum absolute atomic E-state index is 0.0346. The number of benzene rings is 2. The Morgan fingerprint density at radius 3 is 2.40 bits per heavy atom. The Hall–Kier alpha value is -2.13. The number of ether oxygens (including phenoxy) is 2. The van der Waals surface area contributed by atoms with Crippen LogP contribution in [0.4, 0.5) is 4.39 Å². The topological polar surface area (TPSA) is 64.6 Å². The van der Waals surface area contributed by atoms with Crippen LogP contribution in [0.15, 0.2) is 58.8 Å². The summed E-state index contributed by atoms with van der Waals surface area (Å²) in [5.41, 5.74) is 2.67. The molecule has 3 aliphatic carbocycles. The van der Waals surface area contributed by atoms with Gasteiger partial charge in [0.1, 0.15) is 34.7 Å². The Morgan fingerprint density at radius 2 is 1.69 bits per heavy atom. The smallest absolute Gasteiger partial charge is 0.250 e. The molecular formula is C26H25ClFNO4S2. The molecule has 2 aromatic carbocycles. The SMILES string of the molecule is O=S(=O)(NC1C2CCC(C3Cc4cc(OCCOc5ccc(F)cc5)ccc43)C21)c1ccc(Cl)s1. The molecule has 9 heteroatoms. The van der Waals surface area contributed by atoms with E-state index in [4.69, 9.17) is 21.1 Å². The molecule has 0 saturated heterocycles. The van der Waals surface area contributed by atoms with Crippen molar-refractivity contribution in [1.29, 1.82) is 0 Å². The Labute approximate surface area is 213 Å². The van der Waals surface area contributed by atoms with Crippen molar-refractivity contribution in [3.8, 4) is 11.5 Å². The lowest BCUT2D eigenvalue weighted by Gasteiger charge is -2.36. The molecule has 2 saturated carbocycles. The zero-order chi connectivity index (χ0) is 24.2. The van der Waals surface area contributed by atoms with E-state index in [-0.39, 0.29) is 16.1 Å². The first-order valence-corrected chi connectivity index (χ1v) is 14.5. The maximum atomic E-state index is 13.0. The molecule has 0 radical (unpaired) electrons. The van der Waals surface area contributed by atoms with Gasteiger partial charge in [-0.05, 0) is 103 Å². The van der Waals surface area contributed by atoms with E-state index < -0.39 is 10.0 Å². The highest BCUT2D eigenvalue weighted by Gasteiger charge is 2.61. The minimum atomic E-state index is -3.51. The third-order valence-corrected chi connectivity index (χ3v) is 10.7. The number of halogens is 2. The van der Waals surface area contributed by atoms with E-state index >= 15 is 0 Å². The van der Waals surface area contributed by atoms with Gasteiger partial charge in [-0.1, -0.05) is 17.7 Å². The Bertz CT molecular complexity index is 1340. The average molecular weight is 534 g/mol. The van der Waals surface area contributed by atoms with E-state index in [1.165, 1.54) is 23.3 Å². The van der Waals surface area contributed by atoms with E-state index in [1.807, 2.05) is 6.07 Å². The second kappa shape index (κ2) is 9.07. The van der Waals surface area contributed by atoms with Crippen LogP contribution in [0.3, 0.4) is 0 Å². The highest BCUT2D eigenvalue weighted by molar-refractivity contribution is 7.91. The van der Waals surface area contributed by atoms with Gasteiger partial charge < -0.3 is 9.47 Å². The second-order valence-corrected chi connectivity index (χ2v) is 13.2. The molecule has 1 aromatic heterocycles. The molecule has 0 amide bonds. The largest absolute Gasteiger partial charge is 0.490 e. The molecular weight excluding hydrogens is 509 g/mol. The molecule has 1 N–H and O–H groups in total. The first-order valence-electron chi connectivity index (χ1n) is 11.8. The fraction of sp³-hybridized carbons (Fsp3) is 0.385. The van der Waals surface area contributed by atoms with Crippen LogP contribution in [0.25, 0.3) is 0 Å². The van der Waals surface area contributed by atoms with Gasteiger partial charge in [-0.2, -0.15) is 0 Å². The quantitative estimate of drug-likeness (QED) is 0.361. The first kappa shape index (κ1) is 23.3. The summed E-state index contributed by atoms with van der Waals surface area (Å²) in [6.45, 7) is 0.786. The summed E-state index contributed by atoms with van der Waals surface area (Å²) in [5.74, 6) is 3.01. The van der Waals surface area contributed by atoms with Gasteiger partial charge >= 0.3 is 0 Å². The lowest BCUT2D eigenvalue weighted by Crippen LogP contribution is -2.32. The average Bonchev–Trinajstić information content (AvgIpc) is 3.13. The zero-order valence-corrected chi connectivity index (χ0v) is 21.2. The maximum absolute atomic E-state index is 13.0. The lowest BCUT2D eigenvalue weighted by molar-refractivity contribution is 0.216. The summed E-state index contributed by atoms with van der Waals surface area (Å²) in [6, 6.07) is 15.4. The van der Waals surface area contributed by atoms with E-state index in [0.29, 0.717) is 47.0 Å². The molecule has 184 valence electrons. The van der Waals surface area contributed by atoms with Crippen molar-refractivity contribution in [2.45, 2.75) is 35.4 Å². The van der Waals surface area contributed by atoms with Crippen molar-refractivity contribution < 1.29 is 22.3 Å². The maximum Gasteiger partial charge on any atom is 0.250 e. The normalized spacial score (nSPS) is 26.5. The molecule has 0 aliphatic heterocycles. The van der Waals surface area contributed by atoms with E-state index in [9.17, 15) is 12.8 Å². The summed E-state index contributed by atoms with van der Waals surface area (Å²) >= 11 is 7.03. The predicted octanol–water partition coefficient (Wildman–Crippen LogP) is 5.64. The number of fused-ring (bicyclic) bond motifs is 2. The van der Waals surface area contributed by atoms with Crippen LogP contribution < -0.4 is 14.2 Å². The van der Waals surface area contributed by atoms with Crippen LogP contribution in [0.1, 0.15) is 29.9 Å². The zero-order valence-electron chi connectivity index (χ0n) is 18.8. The van der Waals surface area contributed by atoms with Gasteiger partial charge in [-0.15, -0.1) is 11.3 Å². The van der Waals surface area contributed by atoms with Crippen LogP contribution >= 0.6 is 22.9 Å². The summed E-state index contributed by atoms with van der Waals surface area (Å²) < 4.78 is 53.5. The van der Waals surface area contributed by atoms with Crippen LogP contribution in [0.5, 0.6) is 11.5 Å². The Kier molecular flexibility index (Phi) is 6.03. The van der Waals surface area contributed by atoms with Gasteiger partial charge in [0.25, 0.3) is 0 Å². The van der Waals surface area contributed by atoms with Gasteiger partial charge in [-0.25, -0.2) is 17.5 Å². The summed E-state index contributed by atoms with van der Waals surface area (Å²) in [6.07, 6.45) is 3.24. The molecule has 1 heterocycles. The Balaban J connectivity index is 1.02. The van der Waals surface area contributed by atoms with Crippen molar-refractivity contribution >= 4 is 33.0 Å². The fourth-order valence-corrected chi connectivity index (χ4v) is 8.73. The lowest BCUT2D eigenvalue weighted by atomic mass is 9.69. The Morgan fingerprint density at radius 1 is 0.971 bits per heavy atom. The minimum Gasteiger partial charge on any atom is -0.490 e. The molecule has 0 bridgehead atoms.